The number of aryl methyl sites for hydroxylation is 1. The first kappa shape index (κ1) is 13.4. The van der Waals surface area contributed by atoms with E-state index in [0.717, 1.165) is 12.0 Å². The van der Waals surface area contributed by atoms with E-state index in [2.05, 4.69) is 0 Å². The molecule has 0 aliphatic carbocycles. The van der Waals surface area contributed by atoms with E-state index in [-0.39, 0.29) is 12.2 Å². The van der Waals surface area contributed by atoms with Gasteiger partial charge in [-0.1, -0.05) is 45.0 Å². The van der Waals surface area contributed by atoms with Crippen molar-refractivity contribution in [2.75, 3.05) is 0 Å². The second-order valence-corrected chi connectivity index (χ2v) is 4.83. The maximum atomic E-state index is 12.1. The number of carbonyl (C=O) groups excluding carboxylic acids is 1. The Labute approximate surface area is 101 Å². The summed E-state index contributed by atoms with van der Waals surface area (Å²) in [5, 5.41) is 8.77. The zero-order valence-electron chi connectivity index (χ0n) is 10.5. The van der Waals surface area contributed by atoms with Crippen molar-refractivity contribution >= 4 is 11.8 Å². The van der Waals surface area contributed by atoms with Crippen molar-refractivity contribution < 1.29 is 14.7 Å². The molecule has 0 aromatic heterocycles. The fourth-order valence-electron chi connectivity index (χ4n) is 1.74. The highest BCUT2D eigenvalue weighted by atomic mass is 16.4. The molecular formula is C14H18O3. The predicted octanol–water partition coefficient (Wildman–Crippen LogP) is 2.93. The lowest BCUT2D eigenvalue weighted by atomic mass is 9.81. The van der Waals surface area contributed by atoms with E-state index in [1.165, 1.54) is 0 Å². The van der Waals surface area contributed by atoms with Crippen molar-refractivity contribution in [2.24, 2.45) is 5.41 Å². The molecule has 1 N–H and O–H groups in total. The summed E-state index contributed by atoms with van der Waals surface area (Å²) < 4.78 is 0. The molecule has 0 bridgehead atoms. The minimum Gasteiger partial charge on any atom is -0.481 e. The van der Waals surface area contributed by atoms with Crippen LogP contribution in [0.25, 0.3) is 0 Å². The number of carbonyl (C=O) groups is 2. The van der Waals surface area contributed by atoms with Crippen LogP contribution in [0.2, 0.25) is 0 Å². The van der Waals surface area contributed by atoms with Crippen molar-refractivity contribution in [1.82, 2.24) is 0 Å². The van der Waals surface area contributed by atoms with E-state index in [1.54, 1.807) is 26.0 Å². The van der Waals surface area contributed by atoms with Crippen LogP contribution in [-0.2, 0) is 11.2 Å². The highest BCUT2D eigenvalue weighted by molar-refractivity contribution is 6.01. The molecule has 0 unspecified atom stereocenters. The largest absolute Gasteiger partial charge is 0.481 e. The monoisotopic (exact) mass is 234 g/mol. The molecule has 17 heavy (non-hydrogen) atoms. The Morgan fingerprint density at radius 2 is 1.71 bits per heavy atom. The lowest BCUT2D eigenvalue weighted by Crippen LogP contribution is -2.27. The van der Waals surface area contributed by atoms with E-state index < -0.39 is 11.4 Å². The number of aliphatic carboxylic acids is 1. The van der Waals surface area contributed by atoms with Crippen molar-refractivity contribution in [3.05, 3.63) is 35.4 Å². The molecule has 0 atom stereocenters. The molecule has 0 spiro atoms. The van der Waals surface area contributed by atoms with Gasteiger partial charge in [-0.15, -0.1) is 0 Å². The van der Waals surface area contributed by atoms with Gasteiger partial charge in [-0.2, -0.15) is 0 Å². The minimum absolute atomic E-state index is 0.123. The maximum absolute atomic E-state index is 12.1. The lowest BCUT2D eigenvalue weighted by molar-refractivity contribution is -0.138. The van der Waals surface area contributed by atoms with E-state index in [0.29, 0.717) is 5.56 Å². The number of hydrogen-bond donors (Lipinski definition) is 1. The normalized spacial score (nSPS) is 11.2. The van der Waals surface area contributed by atoms with Crippen molar-refractivity contribution in [3.63, 3.8) is 0 Å². The summed E-state index contributed by atoms with van der Waals surface area (Å²) in [7, 11) is 0. The molecule has 0 saturated heterocycles. The first-order chi connectivity index (χ1) is 7.86. The van der Waals surface area contributed by atoms with Gasteiger partial charge >= 0.3 is 5.97 Å². The Bertz CT molecular complexity index is 416. The summed E-state index contributed by atoms with van der Waals surface area (Å²) in [6, 6.07) is 7.35. The van der Waals surface area contributed by atoms with Crippen LogP contribution >= 0.6 is 0 Å². The van der Waals surface area contributed by atoms with Gasteiger partial charge in [0.25, 0.3) is 0 Å². The molecule has 3 nitrogen and oxygen atoms in total. The molecule has 3 heteroatoms. The minimum atomic E-state index is -0.950. The Hall–Kier alpha value is -1.64. The topological polar surface area (TPSA) is 54.4 Å². The standard InChI is InChI=1S/C14H18O3/c1-4-10-5-7-11(8-6-10)13(17)14(2,3)9-12(15)16/h5-8H,4,9H2,1-3H3,(H,15,16). The fourth-order valence-corrected chi connectivity index (χ4v) is 1.74. The zero-order valence-corrected chi connectivity index (χ0v) is 10.5. The molecule has 92 valence electrons. The molecule has 0 radical (unpaired) electrons. The quantitative estimate of drug-likeness (QED) is 0.797. The van der Waals surface area contributed by atoms with Gasteiger partial charge in [0.05, 0.1) is 6.42 Å². The van der Waals surface area contributed by atoms with Crippen LogP contribution in [0.4, 0.5) is 0 Å². The molecule has 1 rings (SSSR count). The number of benzene rings is 1. The first-order valence-electron chi connectivity index (χ1n) is 5.72. The highest BCUT2D eigenvalue weighted by Gasteiger charge is 2.31. The third-order valence-corrected chi connectivity index (χ3v) is 2.83. The zero-order chi connectivity index (χ0) is 13.1. The second kappa shape index (κ2) is 5.13. The summed E-state index contributed by atoms with van der Waals surface area (Å²) in [5.41, 5.74) is 0.880. The van der Waals surface area contributed by atoms with Crippen LogP contribution in [0, 0.1) is 5.41 Å². The summed E-state index contributed by atoms with van der Waals surface area (Å²) in [6.45, 7) is 5.37. The Kier molecular flexibility index (Phi) is 4.05. The summed E-state index contributed by atoms with van der Waals surface area (Å²) in [5.74, 6) is -1.07. The molecule has 0 saturated carbocycles. The van der Waals surface area contributed by atoms with Crippen LogP contribution in [0.1, 0.15) is 43.1 Å². The maximum Gasteiger partial charge on any atom is 0.304 e. The van der Waals surface area contributed by atoms with E-state index in [1.807, 2.05) is 19.1 Å². The molecule has 0 aliphatic heterocycles. The van der Waals surface area contributed by atoms with Crippen LogP contribution < -0.4 is 0 Å². The van der Waals surface area contributed by atoms with E-state index >= 15 is 0 Å². The van der Waals surface area contributed by atoms with E-state index in [9.17, 15) is 9.59 Å². The number of carboxylic acids is 1. The predicted molar refractivity (Wildman–Crippen MR) is 66.2 cm³/mol. The second-order valence-electron chi connectivity index (χ2n) is 4.83. The SMILES string of the molecule is CCc1ccc(C(=O)C(C)(C)CC(=O)O)cc1. The van der Waals surface area contributed by atoms with Gasteiger partial charge in [0.1, 0.15) is 0 Å². The van der Waals surface area contributed by atoms with Crippen LogP contribution in [0.15, 0.2) is 24.3 Å². The molecule has 0 fully saturated rings. The van der Waals surface area contributed by atoms with Crippen molar-refractivity contribution in [2.45, 2.75) is 33.6 Å². The fraction of sp³-hybridized carbons (Fsp3) is 0.429. The van der Waals surface area contributed by atoms with Crippen LogP contribution in [0.5, 0.6) is 0 Å². The molecule has 1 aromatic carbocycles. The first-order valence-corrected chi connectivity index (χ1v) is 5.72. The van der Waals surface area contributed by atoms with Crippen LogP contribution in [0.3, 0.4) is 0 Å². The van der Waals surface area contributed by atoms with Gasteiger partial charge in [-0.3, -0.25) is 9.59 Å². The number of Topliss-reactive ketones (excluding diaryl/α,β-unsaturated/α-hetero) is 1. The van der Waals surface area contributed by atoms with Gasteiger partial charge in [0, 0.05) is 11.0 Å². The smallest absolute Gasteiger partial charge is 0.304 e. The molecular weight excluding hydrogens is 216 g/mol. The Morgan fingerprint density at radius 1 is 1.18 bits per heavy atom. The van der Waals surface area contributed by atoms with Gasteiger partial charge in [0.2, 0.25) is 0 Å². The number of rotatable bonds is 5. The highest BCUT2D eigenvalue weighted by Crippen LogP contribution is 2.26. The number of hydrogen-bond acceptors (Lipinski definition) is 2. The average Bonchev–Trinajstić information content (AvgIpc) is 2.26. The van der Waals surface area contributed by atoms with Gasteiger partial charge in [-0.25, -0.2) is 0 Å². The number of carboxylic acid groups (broad SMARTS) is 1. The average molecular weight is 234 g/mol. The Balaban J connectivity index is 2.91. The third kappa shape index (κ3) is 3.41. The van der Waals surface area contributed by atoms with Gasteiger partial charge in [-0.05, 0) is 12.0 Å². The molecule has 0 amide bonds. The van der Waals surface area contributed by atoms with Gasteiger partial charge in [0.15, 0.2) is 5.78 Å². The Morgan fingerprint density at radius 3 is 2.12 bits per heavy atom. The van der Waals surface area contributed by atoms with Crippen LogP contribution in [-0.4, -0.2) is 16.9 Å². The lowest BCUT2D eigenvalue weighted by Gasteiger charge is -2.20. The van der Waals surface area contributed by atoms with Gasteiger partial charge < -0.3 is 5.11 Å². The van der Waals surface area contributed by atoms with E-state index in [4.69, 9.17) is 5.11 Å². The number of ketones is 1. The molecule has 1 aromatic rings. The van der Waals surface area contributed by atoms with Crippen molar-refractivity contribution in [1.29, 1.82) is 0 Å². The van der Waals surface area contributed by atoms with Crippen molar-refractivity contribution in [3.8, 4) is 0 Å². The summed E-state index contributed by atoms with van der Waals surface area (Å²) in [6.07, 6.45) is 0.772. The summed E-state index contributed by atoms with van der Waals surface area (Å²) in [4.78, 5) is 22.8. The molecule has 0 aliphatic rings. The molecule has 0 heterocycles. The summed E-state index contributed by atoms with van der Waals surface area (Å²) >= 11 is 0. The third-order valence-electron chi connectivity index (χ3n) is 2.83.